The maximum absolute atomic E-state index is 12.5. The molecule has 2 bridgehead atoms. The van der Waals surface area contributed by atoms with E-state index in [1.54, 1.807) is 0 Å². The molecule has 2 aliphatic heterocycles. The van der Waals surface area contributed by atoms with Crippen molar-refractivity contribution in [3.63, 3.8) is 0 Å². The van der Waals surface area contributed by atoms with Crippen molar-refractivity contribution in [2.75, 3.05) is 12.3 Å². The number of hydrogen-bond acceptors (Lipinski definition) is 10. The van der Waals surface area contributed by atoms with Gasteiger partial charge in [0.05, 0.1) is 6.04 Å². The van der Waals surface area contributed by atoms with E-state index in [0.29, 0.717) is 10.1 Å². The highest BCUT2D eigenvalue weighted by Gasteiger charge is 2.50. The Morgan fingerprint density at radius 2 is 2.12 bits per heavy atom. The standard InChI is InChI=1S/C11H14N6O7S2/c12-10-14-6(4-25-10)8(18)16(13)9(19)7-2-1-5-3-15(7)11(20)17(5)24-26(21,22)23/h4-5,7H,1-3,13H2,(H2,12,14)(H,21,22,23). The number of hydrogen-bond donors (Lipinski definition) is 3. The van der Waals surface area contributed by atoms with Crippen molar-refractivity contribution in [3.8, 4) is 0 Å². The molecular weight excluding hydrogens is 392 g/mol. The second kappa shape index (κ2) is 6.44. The van der Waals surface area contributed by atoms with Crippen LogP contribution in [0.1, 0.15) is 23.3 Å². The molecule has 2 aliphatic rings. The molecule has 2 unspecified atom stereocenters. The lowest BCUT2D eigenvalue weighted by atomic mass is 10.00. The van der Waals surface area contributed by atoms with E-state index in [0.717, 1.165) is 16.2 Å². The number of fused-ring (bicyclic) bond motifs is 2. The first-order chi connectivity index (χ1) is 12.1. The number of aromatic nitrogens is 1. The van der Waals surface area contributed by atoms with E-state index in [9.17, 15) is 22.8 Å². The van der Waals surface area contributed by atoms with E-state index >= 15 is 0 Å². The lowest BCUT2D eigenvalue weighted by Gasteiger charge is -2.31. The summed E-state index contributed by atoms with van der Waals surface area (Å²) < 4.78 is 34.7. The largest absolute Gasteiger partial charge is 0.418 e. The number of hydrazine groups is 1. The fourth-order valence-electron chi connectivity index (χ4n) is 2.86. The van der Waals surface area contributed by atoms with Crippen LogP contribution in [-0.2, 0) is 19.5 Å². The fraction of sp³-hybridized carbons (Fsp3) is 0.455. The third-order valence-corrected chi connectivity index (χ3v) is 5.00. The SMILES string of the molecule is Nc1nc(C(=O)N(N)C(=O)C2CCC3CN2C(=O)N3OS(=O)(=O)O)cs1. The molecule has 3 rings (SSSR count). The van der Waals surface area contributed by atoms with Gasteiger partial charge in [-0.1, -0.05) is 0 Å². The number of carbonyl (C=O) groups excluding carboxylic acids is 3. The van der Waals surface area contributed by atoms with Crippen LogP contribution in [0.25, 0.3) is 0 Å². The van der Waals surface area contributed by atoms with Crippen molar-refractivity contribution >= 4 is 44.7 Å². The number of anilines is 1. The number of carbonyl (C=O) groups is 3. The summed E-state index contributed by atoms with van der Waals surface area (Å²) in [5, 5.41) is 2.30. The quantitative estimate of drug-likeness (QED) is 0.176. The number of urea groups is 1. The number of amides is 4. The number of hydroxylamine groups is 2. The van der Waals surface area contributed by atoms with Crippen LogP contribution in [0, 0.1) is 0 Å². The topological polar surface area (TPSA) is 189 Å². The monoisotopic (exact) mass is 406 g/mol. The Labute approximate surface area is 151 Å². The van der Waals surface area contributed by atoms with E-state index in [1.807, 2.05) is 0 Å². The van der Waals surface area contributed by atoms with Gasteiger partial charge in [-0.15, -0.1) is 15.6 Å². The number of piperidine rings is 1. The summed E-state index contributed by atoms with van der Waals surface area (Å²) in [5.74, 6) is 3.84. The summed E-state index contributed by atoms with van der Waals surface area (Å²) in [6.07, 6.45) is 0.334. The molecule has 5 N–H and O–H groups in total. The molecule has 0 aliphatic carbocycles. The molecule has 2 atom stereocenters. The highest BCUT2D eigenvalue weighted by atomic mass is 32.3. The van der Waals surface area contributed by atoms with Gasteiger partial charge in [-0.2, -0.15) is 13.5 Å². The van der Waals surface area contributed by atoms with Crippen LogP contribution in [0.3, 0.4) is 0 Å². The van der Waals surface area contributed by atoms with Gasteiger partial charge in [0.25, 0.3) is 11.8 Å². The molecule has 1 aromatic heterocycles. The van der Waals surface area contributed by atoms with Crippen LogP contribution in [0.2, 0.25) is 0 Å². The number of nitrogens with zero attached hydrogens (tertiary/aromatic N) is 4. The smallest absolute Gasteiger partial charge is 0.375 e. The van der Waals surface area contributed by atoms with Gasteiger partial charge in [-0.25, -0.2) is 20.6 Å². The number of nitrogens with two attached hydrogens (primary N) is 2. The zero-order chi connectivity index (χ0) is 19.2. The molecule has 1 aromatic rings. The second-order valence-corrected chi connectivity index (χ2v) is 7.49. The van der Waals surface area contributed by atoms with Gasteiger partial charge < -0.3 is 10.6 Å². The minimum atomic E-state index is -4.89. The molecule has 4 amide bonds. The first-order valence-electron chi connectivity index (χ1n) is 7.19. The number of imide groups is 1. The summed E-state index contributed by atoms with van der Waals surface area (Å²) >= 11 is 0.999. The van der Waals surface area contributed by atoms with Gasteiger partial charge in [-0.05, 0) is 12.8 Å². The molecule has 15 heteroatoms. The average molecular weight is 406 g/mol. The maximum Gasteiger partial charge on any atom is 0.418 e. The van der Waals surface area contributed by atoms with Crippen molar-refractivity contribution in [3.05, 3.63) is 11.1 Å². The predicted molar refractivity (Wildman–Crippen MR) is 85.3 cm³/mol. The second-order valence-electron chi connectivity index (χ2n) is 5.59. The molecule has 142 valence electrons. The minimum Gasteiger partial charge on any atom is -0.375 e. The van der Waals surface area contributed by atoms with Crippen molar-refractivity contribution in [2.45, 2.75) is 24.9 Å². The van der Waals surface area contributed by atoms with E-state index in [4.69, 9.17) is 16.1 Å². The summed E-state index contributed by atoms with van der Waals surface area (Å²) in [5.41, 5.74) is 5.33. The highest BCUT2D eigenvalue weighted by molar-refractivity contribution is 7.80. The zero-order valence-electron chi connectivity index (χ0n) is 13.0. The molecule has 2 fully saturated rings. The Morgan fingerprint density at radius 1 is 1.42 bits per heavy atom. The number of nitrogen functional groups attached to an aromatic ring is 1. The Morgan fingerprint density at radius 3 is 2.69 bits per heavy atom. The van der Waals surface area contributed by atoms with Gasteiger partial charge in [0, 0.05) is 11.9 Å². The lowest BCUT2D eigenvalue weighted by molar-refractivity contribution is -0.134. The summed E-state index contributed by atoms with van der Waals surface area (Å²) in [6.45, 7) is -0.0174. The molecule has 2 saturated heterocycles. The van der Waals surface area contributed by atoms with Gasteiger partial charge in [-0.3, -0.25) is 14.1 Å². The van der Waals surface area contributed by atoms with Gasteiger partial charge in [0.2, 0.25) is 0 Å². The first-order valence-corrected chi connectivity index (χ1v) is 9.44. The first kappa shape index (κ1) is 18.5. The summed E-state index contributed by atoms with van der Waals surface area (Å²) in [6, 6.07) is -2.67. The summed E-state index contributed by atoms with van der Waals surface area (Å²) in [7, 11) is -4.89. The van der Waals surface area contributed by atoms with Gasteiger partial charge >= 0.3 is 16.4 Å². The van der Waals surface area contributed by atoms with Crippen molar-refractivity contribution in [1.29, 1.82) is 0 Å². The molecule has 0 aromatic carbocycles. The van der Waals surface area contributed by atoms with Crippen LogP contribution >= 0.6 is 11.3 Å². The van der Waals surface area contributed by atoms with Crippen LogP contribution in [-0.4, -0.2) is 69.4 Å². The molecule has 26 heavy (non-hydrogen) atoms. The van der Waals surface area contributed by atoms with Gasteiger partial charge in [0.15, 0.2) is 5.13 Å². The normalized spacial score (nSPS) is 22.6. The van der Waals surface area contributed by atoms with E-state index in [-0.39, 0.29) is 30.2 Å². The van der Waals surface area contributed by atoms with E-state index < -0.39 is 40.3 Å². The fourth-order valence-corrected chi connectivity index (χ4v) is 3.78. The Bertz CT molecular complexity index is 870. The molecule has 0 radical (unpaired) electrons. The van der Waals surface area contributed by atoms with Crippen molar-refractivity contribution < 1.29 is 31.6 Å². The number of thiazole rings is 1. The summed E-state index contributed by atoms with van der Waals surface area (Å²) in [4.78, 5) is 41.8. The predicted octanol–water partition coefficient (Wildman–Crippen LogP) is -1.43. The third kappa shape index (κ3) is 3.34. The highest BCUT2D eigenvalue weighted by Crippen LogP contribution is 2.31. The Balaban J connectivity index is 1.75. The van der Waals surface area contributed by atoms with Crippen LogP contribution < -0.4 is 11.6 Å². The van der Waals surface area contributed by atoms with Crippen LogP contribution in [0.4, 0.5) is 9.93 Å². The Kier molecular flexibility index (Phi) is 4.57. The van der Waals surface area contributed by atoms with Crippen molar-refractivity contribution in [1.82, 2.24) is 20.0 Å². The molecule has 0 spiro atoms. The molecule has 13 nitrogen and oxygen atoms in total. The average Bonchev–Trinajstić information content (AvgIpc) is 3.10. The number of rotatable bonds is 4. The minimum absolute atomic E-state index is 0.0174. The Hall–Kier alpha value is -2.33. The molecule has 0 saturated carbocycles. The van der Waals surface area contributed by atoms with Crippen molar-refractivity contribution in [2.24, 2.45) is 5.84 Å². The van der Waals surface area contributed by atoms with Crippen LogP contribution in [0.5, 0.6) is 0 Å². The molecular formula is C11H14N6O7S2. The van der Waals surface area contributed by atoms with E-state index in [1.165, 1.54) is 5.38 Å². The van der Waals surface area contributed by atoms with Crippen LogP contribution in [0.15, 0.2) is 5.38 Å². The zero-order valence-corrected chi connectivity index (χ0v) is 14.6. The third-order valence-electron chi connectivity index (χ3n) is 3.98. The van der Waals surface area contributed by atoms with E-state index in [2.05, 4.69) is 9.27 Å². The maximum atomic E-state index is 12.5. The lowest BCUT2D eigenvalue weighted by Crippen LogP contribution is -2.55. The van der Waals surface area contributed by atoms with Gasteiger partial charge in [0.1, 0.15) is 11.7 Å². The molecule has 3 heterocycles.